The van der Waals surface area contributed by atoms with Gasteiger partial charge in [0.25, 0.3) is 0 Å². The van der Waals surface area contributed by atoms with E-state index in [9.17, 15) is 14.7 Å². The van der Waals surface area contributed by atoms with E-state index in [4.69, 9.17) is 0 Å². The number of benzene rings is 1. The van der Waals surface area contributed by atoms with Crippen LogP contribution in [0.5, 0.6) is 0 Å². The van der Waals surface area contributed by atoms with E-state index >= 15 is 0 Å². The lowest BCUT2D eigenvalue weighted by molar-refractivity contribution is -0.141. The number of carboxylic acids is 1. The summed E-state index contributed by atoms with van der Waals surface area (Å²) in [5.41, 5.74) is 1.88. The van der Waals surface area contributed by atoms with Crippen molar-refractivity contribution in [3.63, 3.8) is 0 Å². The summed E-state index contributed by atoms with van der Waals surface area (Å²) in [5.74, 6) is -1.12. The quantitative estimate of drug-likeness (QED) is 0.774. The number of H-pyrrole nitrogens is 1. The minimum atomic E-state index is -0.996. The molecule has 1 heterocycles. The predicted molar refractivity (Wildman–Crippen MR) is 74.3 cm³/mol. The summed E-state index contributed by atoms with van der Waals surface area (Å²) >= 11 is 0. The molecule has 3 rings (SSSR count). The Hall–Kier alpha value is -2.30. The first-order valence-corrected chi connectivity index (χ1v) is 6.73. The molecule has 1 unspecified atom stereocenters. The number of amides is 1. The van der Waals surface area contributed by atoms with Crippen molar-refractivity contribution >= 4 is 22.8 Å². The molecule has 104 valence electrons. The van der Waals surface area contributed by atoms with Crippen LogP contribution in [0.4, 0.5) is 0 Å². The van der Waals surface area contributed by atoms with Gasteiger partial charge in [-0.1, -0.05) is 18.2 Å². The summed E-state index contributed by atoms with van der Waals surface area (Å²) in [7, 11) is 0. The van der Waals surface area contributed by atoms with Crippen LogP contribution in [0.15, 0.2) is 30.5 Å². The molecule has 1 saturated carbocycles. The zero-order valence-corrected chi connectivity index (χ0v) is 10.9. The molecule has 1 aromatic carbocycles. The van der Waals surface area contributed by atoms with Gasteiger partial charge < -0.3 is 15.4 Å². The first-order chi connectivity index (χ1) is 9.65. The Kier molecular flexibility index (Phi) is 3.18. The maximum Gasteiger partial charge on any atom is 0.326 e. The third-order valence-corrected chi connectivity index (χ3v) is 3.66. The van der Waals surface area contributed by atoms with Crippen LogP contribution in [0.2, 0.25) is 0 Å². The molecule has 1 aliphatic carbocycles. The largest absolute Gasteiger partial charge is 0.480 e. The van der Waals surface area contributed by atoms with Gasteiger partial charge in [0.05, 0.1) is 0 Å². The number of rotatable bonds is 5. The van der Waals surface area contributed by atoms with Gasteiger partial charge in [-0.2, -0.15) is 0 Å². The lowest BCUT2D eigenvalue weighted by atomic mass is 10.0. The Morgan fingerprint density at radius 1 is 1.35 bits per heavy atom. The lowest BCUT2D eigenvalue weighted by Gasteiger charge is -2.13. The van der Waals surface area contributed by atoms with E-state index in [0.29, 0.717) is 0 Å². The molecule has 3 N–H and O–H groups in total. The van der Waals surface area contributed by atoms with E-state index in [-0.39, 0.29) is 18.2 Å². The summed E-state index contributed by atoms with van der Waals surface area (Å²) < 4.78 is 0. The van der Waals surface area contributed by atoms with Crippen molar-refractivity contribution in [3.8, 4) is 0 Å². The fourth-order valence-electron chi connectivity index (χ4n) is 2.36. The molecular weight excluding hydrogens is 256 g/mol. The van der Waals surface area contributed by atoms with Crippen molar-refractivity contribution in [3.05, 3.63) is 36.0 Å². The zero-order valence-electron chi connectivity index (χ0n) is 10.9. The second kappa shape index (κ2) is 5.00. The summed E-state index contributed by atoms with van der Waals surface area (Å²) in [6.45, 7) is 0. The molecule has 0 saturated heterocycles. The van der Waals surface area contributed by atoms with E-state index in [1.54, 1.807) is 0 Å². The highest BCUT2D eigenvalue weighted by molar-refractivity contribution is 5.88. The number of aromatic amines is 1. The van der Waals surface area contributed by atoms with Gasteiger partial charge in [-0.3, -0.25) is 4.79 Å². The summed E-state index contributed by atoms with van der Waals surface area (Å²) in [6.07, 6.45) is 3.83. The van der Waals surface area contributed by atoms with Gasteiger partial charge in [-0.25, -0.2) is 4.79 Å². The molecule has 1 atom stereocenters. The first kappa shape index (κ1) is 12.7. The number of para-hydroxylation sites is 1. The van der Waals surface area contributed by atoms with Crippen molar-refractivity contribution in [2.75, 3.05) is 0 Å². The SMILES string of the molecule is O=C(NC(Cc1c[nH]c2ccccc12)C(=O)O)C1CC1. The van der Waals surface area contributed by atoms with Crippen LogP contribution in [-0.4, -0.2) is 28.0 Å². The van der Waals surface area contributed by atoms with Gasteiger partial charge in [-0.05, 0) is 24.5 Å². The fourth-order valence-corrected chi connectivity index (χ4v) is 2.36. The van der Waals surface area contributed by atoms with Crippen LogP contribution in [0.25, 0.3) is 10.9 Å². The molecule has 5 nitrogen and oxygen atoms in total. The van der Waals surface area contributed by atoms with Crippen molar-refractivity contribution in [2.24, 2.45) is 5.92 Å². The van der Waals surface area contributed by atoms with Crippen molar-refractivity contribution in [1.82, 2.24) is 10.3 Å². The molecule has 1 aliphatic rings. The maximum absolute atomic E-state index is 11.7. The van der Waals surface area contributed by atoms with Crippen LogP contribution in [0.1, 0.15) is 18.4 Å². The van der Waals surface area contributed by atoms with Gasteiger partial charge in [0.15, 0.2) is 0 Å². The fraction of sp³-hybridized carbons (Fsp3) is 0.333. The van der Waals surface area contributed by atoms with Crippen LogP contribution in [0.3, 0.4) is 0 Å². The Morgan fingerprint density at radius 2 is 2.10 bits per heavy atom. The standard InChI is InChI=1S/C15H16N2O3/c18-14(9-5-6-9)17-13(15(19)20)7-10-8-16-12-4-2-1-3-11(10)12/h1-4,8-9,13,16H,5-7H2,(H,17,18)(H,19,20). The van der Waals surface area contributed by atoms with Gasteiger partial charge in [0.2, 0.25) is 5.91 Å². The molecule has 0 spiro atoms. The number of aliphatic carboxylic acids is 1. The van der Waals surface area contributed by atoms with Gasteiger partial charge in [0, 0.05) is 29.4 Å². The Bertz CT molecular complexity index is 658. The van der Waals surface area contributed by atoms with E-state index in [1.165, 1.54) is 0 Å². The number of aromatic nitrogens is 1. The Balaban J connectivity index is 1.78. The van der Waals surface area contributed by atoms with Gasteiger partial charge in [0.1, 0.15) is 6.04 Å². The zero-order chi connectivity index (χ0) is 14.1. The second-order valence-corrected chi connectivity index (χ2v) is 5.24. The van der Waals surface area contributed by atoms with E-state index in [2.05, 4.69) is 10.3 Å². The number of carbonyl (C=O) groups is 2. The average Bonchev–Trinajstić information content (AvgIpc) is 3.21. The summed E-state index contributed by atoms with van der Waals surface area (Å²) in [4.78, 5) is 26.2. The number of fused-ring (bicyclic) bond motifs is 1. The molecule has 0 radical (unpaired) electrons. The topological polar surface area (TPSA) is 82.2 Å². The number of nitrogens with one attached hydrogen (secondary N) is 2. The molecule has 1 aromatic heterocycles. The number of carboxylic acid groups (broad SMARTS) is 1. The van der Waals surface area contributed by atoms with Gasteiger partial charge >= 0.3 is 5.97 Å². The minimum absolute atomic E-state index is 0.0137. The minimum Gasteiger partial charge on any atom is -0.480 e. The smallest absolute Gasteiger partial charge is 0.326 e. The highest BCUT2D eigenvalue weighted by Gasteiger charge is 2.32. The van der Waals surface area contributed by atoms with Crippen molar-refractivity contribution < 1.29 is 14.7 Å². The van der Waals surface area contributed by atoms with Crippen molar-refractivity contribution in [1.29, 1.82) is 0 Å². The third kappa shape index (κ3) is 2.52. The van der Waals surface area contributed by atoms with Crippen LogP contribution in [0, 0.1) is 5.92 Å². The molecule has 1 fully saturated rings. The number of hydrogen-bond acceptors (Lipinski definition) is 2. The highest BCUT2D eigenvalue weighted by atomic mass is 16.4. The monoisotopic (exact) mass is 272 g/mol. The Labute approximate surface area is 116 Å². The third-order valence-electron chi connectivity index (χ3n) is 3.66. The molecule has 0 aliphatic heterocycles. The van der Waals surface area contributed by atoms with Crippen molar-refractivity contribution in [2.45, 2.75) is 25.3 Å². The molecule has 2 aromatic rings. The Morgan fingerprint density at radius 3 is 2.80 bits per heavy atom. The molecule has 0 bridgehead atoms. The normalized spacial score (nSPS) is 16.0. The molecule has 20 heavy (non-hydrogen) atoms. The van der Waals surface area contributed by atoms with Crippen LogP contribution < -0.4 is 5.32 Å². The van der Waals surface area contributed by atoms with E-state index < -0.39 is 12.0 Å². The lowest BCUT2D eigenvalue weighted by Crippen LogP contribution is -2.43. The van der Waals surface area contributed by atoms with E-state index in [0.717, 1.165) is 29.3 Å². The average molecular weight is 272 g/mol. The van der Waals surface area contributed by atoms with E-state index in [1.807, 2.05) is 30.5 Å². The maximum atomic E-state index is 11.7. The first-order valence-electron chi connectivity index (χ1n) is 6.73. The summed E-state index contributed by atoms with van der Waals surface area (Å²) in [6, 6.07) is 6.85. The van der Waals surface area contributed by atoms with Crippen LogP contribution in [-0.2, 0) is 16.0 Å². The van der Waals surface area contributed by atoms with Crippen LogP contribution >= 0.6 is 0 Å². The molecular formula is C15H16N2O3. The summed E-state index contributed by atoms with van der Waals surface area (Å²) in [5, 5.41) is 12.9. The number of carbonyl (C=O) groups excluding carboxylic acids is 1. The molecule has 5 heteroatoms. The molecule has 1 amide bonds. The second-order valence-electron chi connectivity index (χ2n) is 5.24. The highest BCUT2D eigenvalue weighted by Crippen LogP contribution is 2.29. The number of hydrogen-bond donors (Lipinski definition) is 3. The van der Waals surface area contributed by atoms with Gasteiger partial charge in [-0.15, -0.1) is 0 Å². The predicted octanol–water partition coefficient (Wildman–Crippen LogP) is 1.69.